The Morgan fingerprint density at radius 3 is 0.463 bits per heavy atom. The van der Waals surface area contributed by atoms with E-state index in [0.29, 0.717) is 13.2 Å². The number of nitrogens with one attached hydrogen (secondary N) is 2. The van der Waals surface area contributed by atoms with Crippen LogP contribution in [-0.4, -0.2) is 38.5 Å². The van der Waals surface area contributed by atoms with Gasteiger partial charge in [-0.3, -0.25) is 0 Å². The summed E-state index contributed by atoms with van der Waals surface area (Å²) in [6, 6.07) is 0. The number of carbonyl (C=O) groups is 2. The number of alkyl carbamates (subject to hydrolysis) is 2. The predicted octanol–water partition coefficient (Wildman–Crippen LogP) is 26.2. The standard InChI is InChI=1S/C74H148N2O4/c1-3-5-7-9-11-13-15-17-19-41-45-49-53-57-61-65-69-75-73(77)79-71-67-63-59-55-51-47-43-39-37-35-33-31-29-27-25-23-21-22-24-26-28-30-32-34-36-38-40-44-48-52-56-60-64-68-72-80-74(78)76-70-66-62-58-54-50-46-42-20-18-16-14-12-10-8-6-4-2/h3-72H2,1-2H3,(H,75,77)(H,76,78). The highest BCUT2D eigenvalue weighted by Crippen LogP contribution is 2.19. The van der Waals surface area contributed by atoms with E-state index >= 15 is 0 Å². The molecule has 0 atom stereocenters. The van der Waals surface area contributed by atoms with Crippen molar-refractivity contribution in [3.8, 4) is 0 Å². The zero-order chi connectivity index (χ0) is 57.5. The molecule has 0 aromatic rings. The summed E-state index contributed by atoms with van der Waals surface area (Å²) in [5, 5.41) is 5.90. The van der Waals surface area contributed by atoms with Gasteiger partial charge in [-0.05, 0) is 25.7 Å². The van der Waals surface area contributed by atoms with Crippen LogP contribution in [-0.2, 0) is 9.47 Å². The lowest BCUT2D eigenvalue weighted by Crippen LogP contribution is -2.25. The third-order valence-corrected chi connectivity index (χ3v) is 17.6. The molecule has 0 aliphatic carbocycles. The van der Waals surface area contributed by atoms with Crippen LogP contribution in [0.1, 0.15) is 438 Å². The van der Waals surface area contributed by atoms with Gasteiger partial charge in [0.1, 0.15) is 0 Å². The highest BCUT2D eigenvalue weighted by atomic mass is 16.6. The first kappa shape index (κ1) is 78.5. The number of carbonyl (C=O) groups excluding carboxylic acids is 2. The summed E-state index contributed by atoms with van der Waals surface area (Å²) in [5.74, 6) is 0. The molecule has 0 saturated heterocycles. The fraction of sp³-hybridized carbons (Fsp3) is 0.973. The Hall–Kier alpha value is -1.46. The molecule has 2 amide bonds. The maximum Gasteiger partial charge on any atom is 0.407 e. The number of hydrogen-bond donors (Lipinski definition) is 2. The van der Waals surface area contributed by atoms with Crippen LogP contribution >= 0.6 is 0 Å². The fourth-order valence-corrected chi connectivity index (χ4v) is 12.0. The maximum absolute atomic E-state index is 12.0. The molecular weight excluding hydrogens is 981 g/mol. The monoisotopic (exact) mass is 1130 g/mol. The second-order valence-corrected chi connectivity index (χ2v) is 25.8. The van der Waals surface area contributed by atoms with E-state index in [-0.39, 0.29) is 12.2 Å². The third kappa shape index (κ3) is 72.6. The van der Waals surface area contributed by atoms with Crippen molar-refractivity contribution in [2.45, 2.75) is 438 Å². The van der Waals surface area contributed by atoms with Gasteiger partial charge in [0, 0.05) is 13.1 Å². The first-order valence-electron chi connectivity index (χ1n) is 37.5. The number of hydrogen-bond acceptors (Lipinski definition) is 4. The number of ether oxygens (including phenoxy) is 2. The molecule has 0 unspecified atom stereocenters. The zero-order valence-electron chi connectivity index (χ0n) is 55.1. The van der Waals surface area contributed by atoms with Crippen LogP contribution in [0, 0.1) is 0 Å². The Morgan fingerprint density at radius 1 is 0.188 bits per heavy atom. The van der Waals surface area contributed by atoms with Crippen LogP contribution in [0.2, 0.25) is 0 Å². The van der Waals surface area contributed by atoms with Crippen LogP contribution in [0.4, 0.5) is 9.59 Å². The van der Waals surface area contributed by atoms with Crippen molar-refractivity contribution >= 4 is 12.2 Å². The molecule has 80 heavy (non-hydrogen) atoms. The normalized spacial score (nSPS) is 11.5. The maximum atomic E-state index is 12.0. The molecule has 0 aromatic carbocycles. The van der Waals surface area contributed by atoms with Gasteiger partial charge >= 0.3 is 12.2 Å². The average Bonchev–Trinajstić information content (AvgIpc) is 3.46. The van der Waals surface area contributed by atoms with E-state index in [1.54, 1.807) is 0 Å². The van der Waals surface area contributed by atoms with E-state index in [1.807, 2.05) is 0 Å². The lowest BCUT2D eigenvalue weighted by Gasteiger charge is -2.07. The molecule has 0 fully saturated rings. The van der Waals surface area contributed by atoms with Crippen molar-refractivity contribution in [1.29, 1.82) is 0 Å². The summed E-state index contributed by atoms with van der Waals surface area (Å²) in [4.78, 5) is 24.0. The van der Waals surface area contributed by atoms with E-state index in [1.165, 1.54) is 398 Å². The van der Waals surface area contributed by atoms with E-state index in [4.69, 9.17) is 9.47 Å². The molecule has 0 spiro atoms. The number of amides is 2. The van der Waals surface area contributed by atoms with Crippen LogP contribution in [0.5, 0.6) is 0 Å². The van der Waals surface area contributed by atoms with Gasteiger partial charge in [0.2, 0.25) is 0 Å². The van der Waals surface area contributed by atoms with Crippen molar-refractivity contribution in [2.24, 2.45) is 0 Å². The van der Waals surface area contributed by atoms with Gasteiger partial charge in [-0.15, -0.1) is 0 Å². The third-order valence-electron chi connectivity index (χ3n) is 17.6. The summed E-state index contributed by atoms with van der Waals surface area (Å²) in [5.41, 5.74) is 0. The van der Waals surface area contributed by atoms with Gasteiger partial charge in [0.05, 0.1) is 13.2 Å². The molecule has 0 aliphatic heterocycles. The number of rotatable bonds is 71. The molecule has 0 bridgehead atoms. The molecule has 478 valence electrons. The fourth-order valence-electron chi connectivity index (χ4n) is 12.0. The van der Waals surface area contributed by atoms with Crippen LogP contribution < -0.4 is 10.6 Å². The van der Waals surface area contributed by atoms with Gasteiger partial charge in [-0.25, -0.2) is 9.59 Å². The van der Waals surface area contributed by atoms with E-state index in [9.17, 15) is 9.59 Å². The Labute approximate surface area is 503 Å². The van der Waals surface area contributed by atoms with E-state index in [0.717, 1.165) is 38.8 Å². The summed E-state index contributed by atoms with van der Waals surface area (Å²) < 4.78 is 10.8. The minimum absolute atomic E-state index is 0.219. The first-order valence-corrected chi connectivity index (χ1v) is 37.5. The quantitative estimate of drug-likeness (QED) is 0.0595. The van der Waals surface area contributed by atoms with Gasteiger partial charge < -0.3 is 20.1 Å². The van der Waals surface area contributed by atoms with Crippen molar-refractivity contribution in [3.63, 3.8) is 0 Å². The predicted molar refractivity (Wildman–Crippen MR) is 355 cm³/mol. The Kier molecular flexibility index (Phi) is 72.3. The minimum Gasteiger partial charge on any atom is -0.450 e. The summed E-state index contributed by atoms with van der Waals surface area (Å²) in [7, 11) is 0. The van der Waals surface area contributed by atoms with Crippen molar-refractivity contribution in [1.82, 2.24) is 10.6 Å². The molecule has 6 heteroatoms. The topological polar surface area (TPSA) is 76.7 Å². The summed E-state index contributed by atoms with van der Waals surface area (Å²) in [6.45, 7) is 7.24. The van der Waals surface area contributed by atoms with Crippen molar-refractivity contribution in [3.05, 3.63) is 0 Å². The second kappa shape index (κ2) is 73.6. The molecule has 0 radical (unpaired) electrons. The van der Waals surface area contributed by atoms with Gasteiger partial charge in [0.25, 0.3) is 0 Å². The van der Waals surface area contributed by atoms with Gasteiger partial charge in [-0.1, -0.05) is 412 Å². The molecule has 0 aliphatic rings. The minimum atomic E-state index is -0.219. The van der Waals surface area contributed by atoms with Crippen LogP contribution in [0.15, 0.2) is 0 Å². The van der Waals surface area contributed by atoms with Gasteiger partial charge in [-0.2, -0.15) is 0 Å². The van der Waals surface area contributed by atoms with E-state index in [2.05, 4.69) is 24.5 Å². The van der Waals surface area contributed by atoms with Crippen LogP contribution in [0.25, 0.3) is 0 Å². The molecule has 0 saturated carbocycles. The zero-order valence-corrected chi connectivity index (χ0v) is 55.1. The van der Waals surface area contributed by atoms with Crippen molar-refractivity contribution < 1.29 is 19.1 Å². The lowest BCUT2D eigenvalue weighted by atomic mass is 10.0. The Balaban J connectivity index is 3.16. The number of unbranched alkanes of at least 4 members (excludes halogenated alkanes) is 63. The molecular formula is C74H148N2O4. The van der Waals surface area contributed by atoms with E-state index < -0.39 is 0 Å². The molecule has 2 N–H and O–H groups in total. The smallest absolute Gasteiger partial charge is 0.407 e. The molecule has 0 heterocycles. The van der Waals surface area contributed by atoms with Crippen LogP contribution in [0.3, 0.4) is 0 Å². The Bertz CT molecular complexity index is 1050. The molecule has 6 nitrogen and oxygen atoms in total. The lowest BCUT2D eigenvalue weighted by molar-refractivity contribution is 0.142. The first-order chi connectivity index (χ1) is 39.7. The summed E-state index contributed by atoms with van der Waals surface area (Å²) >= 11 is 0. The van der Waals surface area contributed by atoms with Gasteiger partial charge in [0.15, 0.2) is 0 Å². The highest BCUT2D eigenvalue weighted by molar-refractivity contribution is 5.67. The summed E-state index contributed by atoms with van der Waals surface area (Å²) in [6.07, 6.45) is 90.4. The largest absolute Gasteiger partial charge is 0.450 e. The molecule has 0 aromatic heterocycles. The average molecular weight is 1130 g/mol. The molecule has 0 rings (SSSR count). The Morgan fingerprint density at radius 2 is 0.312 bits per heavy atom. The van der Waals surface area contributed by atoms with Crippen molar-refractivity contribution in [2.75, 3.05) is 26.3 Å². The second-order valence-electron chi connectivity index (χ2n) is 25.8. The highest BCUT2D eigenvalue weighted by Gasteiger charge is 2.04. The SMILES string of the molecule is CCCCCCCCCCCCCCCCCCNC(=O)OCCCCCCCCCCCCCCCCCCCCCCCCCCCCCCCCCCCCOC(=O)NCCCCCCCCCCCCCCCCCC.